The van der Waals surface area contributed by atoms with Crippen molar-refractivity contribution >= 4 is 15.2 Å². The molecule has 0 amide bonds. The van der Waals surface area contributed by atoms with E-state index in [9.17, 15) is 18.2 Å². The summed E-state index contributed by atoms with van der Waals surface area (Å²) >= 11 is 0. The smallest absolute Gasteiger partial charge is 0.324 e. The van der Waals surface area contributed by atoms with Crippen LogP contribution >= 0.6 is 15.2 Å². The fourth-order valence-corrected chi connectivity index (χ4v) is 2.51. The first-order chi connectivity index (χ1) is 5.33. The molecule has 0 heterocycles. The number of rotatable bonds is 5. The fraction of sp³-hybridized carbons (Fsp3) is 1.00. The molecule has 0 aliphatic carbocycles. The molecule has 0 aliphatic heterocycles. The zero-order valence-corrected chi connectivity index (χ0v) is 7.38. The Bertz CT molecular complexity index is 216. The quantitative estimate of drug-likeness (QED) is 0.683. The Labute approximate surface area is 66.0 Å². The molecule has 0 aromatic carbocycles. The second-order valence-corrected chi connectivity index (χ2v) is 5.58. The molecule has 0 aliphatic rings. The van der Waals surface area contributed by atoms with Crippen LogP contribution in [0.15, 0.2) is 0 Å². The van der Waals surface area contributed by atoms with Crippen LogP contribution in [-0.4, -0.2) is 22.1 Å². The molecule has 0 aromatic heterocycles. The average molecular weight is 226 g/mol. The van der Waals surface area contributed by atoms with E-state index in [1.54, 1.807) is 0 Å². The van der Waals surface area contributed by atoms with Gasteiger partial charge in [-0.15, -0.1) is 9.46 Å². The van der Waals surface area contributed by atoms with Gasteiger partial charge in [-0.05, 0) is 9.05 Å². The lowest BCUT2D eigenvalue weighted by Gasteiger charge is -2.06. The van der Waals surface area contributed by atoms with E-state index in [-0.39, 0.29) is 0 Å². The molecule has 0 aromatic rings. The maximum absolute atomic E-state index is 11.2. The average Bonchev–Trinajstić information content (AvgIpc) is 1.99. The van der Waals surface area contributed by atoms with Crippen LogP contribution in [-0.2, 0) is 18.6 Å². The van der Waals surface area contributed by atoms with Crippen LogP contribution in [0.4, 0.5) is 9.05 Å². The van der Waals surface area contributed by atoms with Crippen molar-refractivity contribution in [3.63, 3.8) is 0 Å². The molecule has 0 bridgehead atoms. The van der Waals surface area contributed by atoms with Crippen molar-refractivity contribution in [1.29, 1.82) is 0 Å². The van der Waals surface area contributed by atoms with Crippen molar-refractivity contribution in [2.75, 3.05) is 12.3 Å². The lowest BCUT2D eigenvalue weighted by atomic mass is 11.0. The molecule has 0 saturated heterocycles. The zero-order valence-electron chi connectivity index (χ0n) is 5.59. The van der Waals surface area contributed by atoms with Gasteiger partial charge in [-0.3, -0.25) is 9.13 Å². The van der Waals surface area contributed by atoms with E-state index in [0.29, 0.717) is 0 Å². The highest BCUT2D eigenvalue weighted by Crippen LogP contribution is 2.51. The van der Waals surface area contributed by atoms with Gasteiger partial charge in [-0.1, -0.05) is 0 Å². The van der Waals surface area contributed by atoms with Gasteiger partial charge in [0.1, 0.15) is 0 Å². The third-order valence-electron chi connectivity index (χ3n) is 0.875. The summed E-state index contributed by atoms with van der Waals surface area (Å²) < 4.78 is 48.3. The zero-order chi connectivity index (χ0) is 9.83. The molecule has 0 fully saturated rings. The highest BCUT2D eigenvalue weighted by molar-refractivity contribution is 7.57. The highest BCUT2D eigenvalue weighted by atomic mass is 31.2. The Morgan fingerprint density at radius 3 is 1.75 bits per heavy atom. The van der Waals surface area contributed by atoms with Gasteiger partial charge < -0.3 is 9.79 Å². The third-order valence-corrected chi connectivity index (χ3v) is 3.23. The van der Waals surface area contributed by atoms with Crippen molar-refractivity contribution < 1.29 is 37.4 Å². The van der Waals surface area contributed by atoms with Gasteiger partial charge >= 0.3 is 15.2 Å². The van der Waals surface area contributed by atoms with E-state index in [1.165, 1.54) is 0 Å². The molecule has 0 rings (SSSR count). The summed E-state index contributed by atoms with van der Waals surface area (Å²) in [6, 6.07) is 0. The number of hydrogen-bond donors (Lipinski definition) is 2. The first kappa shape index (κ1) is 12.2. The molecule has 74 valence electrons. The Balaban J connectivity index is 4.08. The topological polar surface area (TPSA) is 93.1 Å². The van der Waals surface area contributed by atoms with Gasteiger partial charge in [0.2, 0.25) is 0 Å². The molecule has 2 N–H and O–H groups in total. The lowest BCUT2D eigenvalue weighted by Crippen LogP contribution is -1.97. The summed E-state index contributed by atoms with van der Waals surface area (Å²) in [4.78, 5) is 16.4. The molecule has 0 unspecified atom stereocenters. The van der Waals surface area contributed by atoms with E-state index in [0.717, 1.165) is 0 Å². The standard InChI is InChI=1S/C2H6F2O6P2/c3-9-12(8,10-4)2-1-11(5,6)7/h1-2H2,(H2,5,6,7). The highest BCUT2D eigenvalue weighted by Gasteiger charge is 2.31. The van der Waals surface area contributed by atoms with Gasteiger partial charge in [0.25, 0.3) is 0 Å². The van der Waals surface area contributed by atoms with Crippen LogP contribution in [0.5, 0.6) is 0 Å². The molecule has 0 radical (unpaired) electrons. The fourth-order valence-electron chi connectivity index (χ4n) is 0.332. The van der Waals surface area contributed by atoms with Crippen molar-refractivity contribution in [2.24, 2.45) is 0 Å². The molecular formula is C2H6F2O6P2. The van der Waals surface area contributed by atoms with Crippen molar-refractivity contribution in [2.45, 2.75) is 0 Å². The van der Waals surface area contributed by atoms with Crippen LogP contribution in [0.2, 0.25) is 0 Å². The second-order valence-electron chi connectivity index (χ2n) is 1.86. The summed E-state index contributed by atoms with van der Waals surface area (Å²) in [7, 11) is -9.06. The molecule has 0 spiro atoms. The first-order valence-electron chi connectivity index (χ1n) is 2.57. The molecular weight excluding hydrogens is 220 g/mol. The summed E-state index contributed by atoms with van der Waals surface area (Å²) in [5.74, 6) is 0. The molecule has 0 atom stereocenters. The Hall–Kier alpha value is 0.160. The van der Waals surface area contributed by atoms with Crippen molar-refractivity contribution in [3.8, 4) is 0 Å². The molecule has 6 nitrogen and oxygen atoms in total. The van der Waals surface area contributed by atoms with E-state index in [1.807, 2.05) is 0 Å². The van der Waals surface area contributed by atoms with Gasteiger partial charge in [-0.2, -0.15) is 0 Å². The van der Waals surface area contributed by atoms with Gasteiger partial charge in [0.05, 0.1) is 12.3 Å². The van der Waals surface area contributed by atoms with Gasteiger partial charge in [-0.25, -0.2) is 0 Å². The largest absolute Gasteiger partial charge is 0.395 e. The van der Waals surface area contributed by atoms with Crippen LogP contribution in [0.3, 0.4) is 0 Å². The second kappa shape index (κ2) is 4.41. The monoisotopic (exact) mass is 226 g/mol. The van der Waals surface area contributed by atoms with E-state index < -0.39 is 27.5 Å². The normalized spacial score (nSPS) is 13.3. The van der Waals surface area contributed by atoms with Crippen molar-refractivity contribution in [1.82, 2.24) is 0 Å². The maximum atomic E-state index is 11.2. The summed E-state index contributed by atoms with van der Waals surface area (Å²) in [5, 5.41) is 0. The van der Waals surface area contributed by atoms with E-state index in [2.05, 4.69) is 9.46 Å². The van der Waals surface area contributed by atoms with Crippen LogP contribution in [0.25, 0.3) is 0 Å². The van der Waals surface area contributed by atoms with Gasteiger partial charge in [0.15, 0.2) is 0 Å². The summed E-state index contributed by atoms with van der Waals surface area (Å²) in [5.41, 5.74) is 0. The minimum Gasteiger partial charge on any atom is -0.324 e. The summed E-state index contributed by atoms with van der Waals surface area (Å²) in [6.07, 6.45) is -2.00. The maximum Gasteiger partial charge on any atom is 0.395 e. The number of halogens is 2. The molecule has 12 heavy (non-hydrogen) atoms. The SMILES string of the molecule is O=P(O)(O)CCP(=O)(OF)OF. The third kappa shape index (κ3) is 4.92. The Kier molecular flexibility index (Phi) is 4.47. The minimum atomic E-state index is -4.60. The van der Waals surface area contributed by atoms with Crippen LogP contribution in [0.1, 0.15) is 0 Å². The Morgan fingerprint density at radius 2 is 1.50 bits per heavy atom. The lowest BCUT2D eigenvalue weighted by molar-refractivity contribution is -0.0870. The Morgan fingerprint density at radius 1 is 1.08 bits per heavy atom. The van der Waals surface area contributed by atoms with E-state index in [4.69, 9.17) is 9.79 Å². The molecule has 0 saturated carbocycles. The minimum absolute atomic E-state index is 0.974. The van der Waals surface area contributed by atoms with Crippen LogP contribution < -0.4 is 0 Å². The predicted molar refractivity (Wildman–Crippen MR) is 33.8 cm³/mol. The van der Waals surface area contributed by atoms with Gasteiger partial charge in [0, 0.05) is 0 Å². The summed E-state index contributed by atoms with van der Waals surface area (Å²) in [6.45, 7) is 0. The van der Waals surface area contributed by atoms with Crippen molar-refractivity contribution in [3.05, 3.63) is 0 Å². The first-order valence-corrected chi connectivity index (χ1v) is 6.10. The number of hydrogen-bond acceptors (Lipinski definition) is 4. The predicted octanol–water partition coefficient (Wildman–Crippen LogP) is 1.16. The molecule has 10 heteroatoms. The van der Waals surface area contributed by atoms with E-state index >= 15 is 0 Å². The van der Waals surface area contributed by atoms with Crippen LogP contribution in [0, 0.1) is 0 Å².